The Morgan fingerprint density at radius 3 is 2.85 bits per heavy atom. The monoisotopic (exact) mass is 297 g/mol. The van der Waals surface area contributed by atoms with E-state index in [4.69, 9.17) is 11.6 Å². The van der Waals surface area contributed by atoms with Crippen molar-refractivity contribution in [2.45, 2.75) is 45.6 Å². The van der Waals surface area contributed by atoms with E-state index in [9.17, 15) is 9.18 Å². The number of hydrogen-bond donors (Lipinski definition) is 1. The van der Waals surface area contributed by atoms with E-state index in [1.165, 1.54) is 30.7 Å². The van der Waals surface area contributed by atoms with Gasteiger partial charge in [-0.2, -0.15) is 0 Å². The summed E-state index contributed by atoms with van der Waals surface area (Å²) in [6.07, 6.45) is 7.11. The van der Waals surface area contributed by atoms with Gasteiger partial charge in [-0.3, -0.25) is 4.79 Å². The third kappa shape index (κ3) is 5.74. The van der Waals surface area contributed by atoms with Crippen molar-refractivity contribution < 1.29 is 9.18 Å². The molecule has 0 saturated heterocycles. The second kappa shape index (κ2) is 8.75. The standard InChI is InChI=1S/C16H21ClFNO/c1-3-4-5-7-12(2)19-16(20)11-10-13-14(17)8-6-9-15(13)18/h6,8-12H,3-5,7H2,1-2H3,(H,19,20)/b11-10+. The Labute approximate surface area is 125 Å². The van der Waals surface area contributed by atoms with Crippen molar-refractivity contribution in [1.82, 2.24) is 5.32 Å². The fraction of sp³-hybridized carbons (Fsp3) is 0.438. The molecule has 0 aliphatic carbocycles. The lowest BCUT2D eigenvalue weighted by Gasteiger charge is -2.11. The van der Waals surface area contributed by atoms with Crippen LogP contribution in [0.15, 0.2) is 24.3 Å². The molecule has 110 valence electrons. The fourth-order valence-electron chi connectivity index (χ4n) is 1.89. The van der Waals surface area contributed by atoms with Crippen LogP contribution >= 0.6 is 11.6 Å². The summed E-state index contributed by atoms with van der Waals surface area (Å²) >= 11 is 5.88. The van der Waals surface area contributed by atoms with Crippen molar-refractivity contribution in [3.8, 4) is 0 Å². The van der Waals surface area contributed by atoms with Crippen molar-refractivity contribution >= 4 is 23.6 Å². The Kier molecular flexibility index (Phi) is 7.31. The number of benzene rings is 1. The van der Waals surface area contributed by atoms with Crippen LogP contribution in [-0.2, 0) is 4.79 Å². The maximum absolute atomic E-state index is 13.5. The van der Waals surface area contributed by atoms with E-state index in [-0.39, 0.29) is 17.5 Å². The van der Waals surface area contributed by atoms with Gasteiger partial charge in [-0.1, -0.05) is 43.9 Å². The molecule has 1 amide bonds. The van der Waals surface area contributed by atoms with Gasteiger partial charge >= 0.3 is 0 Å². The molecular weight excluding hydrogens is 277 g/mol. The molecule has 0 radical (unpaired) electrons. The van der Waals surface area contributed by atoms with Gasteiger partial charge in [0.1, 0.15) is 5.82 Å². The highest BCUT2D eigenvalue weighted by Gasteiger charge is 2.06. The van der Waals surface area contributed by atoms with E-state index in [0.29, 0.717) is 5.02 Å². The molecule has 0 aliphatic heterocycles. The summed E-state index contributed by atoms with van der Waals surface area (Å²) in [5.74, 6) is -0.661. The Hall–Kier alpha value is -1.35. The number of nitrogens with one attached hydrogen (secondary N) is 1. The third-order valence-electron chi connectivity index (χ3n) is 3.03. The second-order valence-corrected chi connectivity index (χ2v) is 5.28. The van der Waals surface area contributed by atoms with Gasteiger partial charge in [0.25, 0.3) is 0 Å². The van der Waals surface area contributed by atoms with E-state index in [1.54, 1.807) is 6.07 Å². The van der Waals surface area contributed by atoms with Crippen molar-refractivity contribution in [3.63, 3.8) is 0 Å². The summed E-state index contributed by atoms with van der Waals surface area (Å²) < 4.78 is 13.5. The number of halogens is 2. The normalized spacial score (nSPS) is 12.6. The van der Waals surface area contributed by atoms with Crippen LogP contribution in [0.2, 0.25) is 5.02 Å². The van der Waals surface area contributed by atoms with E-state index >= 15 is 0 Å². The first kappa shape index (κ1) is 16.7. The highest BCUT2D eigenvalue weighted by molar-refractivity contribution is 6.32. The molecule has 1 unspecified atom stereocenters. The van der Waals surface area contributed by atoms with Crippen LogP contribution in [0.25, 0.3) is 6.08 Å². The molecule has 1 N–H and O–H groups in total. The number of rotatable bonds is 7. The molecule has 4 heteroatoms. The summed E-state index contributed by atoms with van der Waals surface area (Å²) in [4.78, 5) is 11.7. The Bertz CT molecular complexity index is 453. The minimum absolute atomic E-state index is 0.120. The largest absolute Gasteiger partial charge is 0.350 e. The zero-order chi connectivity index (χ0) is 15.0. The predicted octanol–water partition coefficient (Wildman–Crippen LogP) is 4.58. The van der Waals surface area contributed by atoms with Gasteiger partial charge in [-0.25, -0.2) is 4.39 Å². The van der Waals surface area contributed by atoms with Crippen molar-refractivity contribution in [2.24, 2.45) is 0 Å². The molecule has 1 aromatic rings. The lowest BCUT2D eigenvalue weighted by atomic mass is 10.1. The fourth-order valence-corrected chi connectivity index (χ4v) is 2.12. The lowest BCUT2D eigenvalue weighted by molar-refractivity contribution is -0.117. The van der Waals surface area contributed by atoms with Gasteiger partial charge in [0.15, 0.2) is 0 Å². The average molecular weight is 298 g/mol. The van der Waals surface area contributed by atoms with E-state index in [2.05, 4.69) is 12.2 Å². The minimum Gasteiger partial charge on any atom is -0.350 e. The first-order valence-electron chi connectivity index (χ1n) is 6.97. The molecule has 1 aromatic carbocycles. The zero-order valence-corrected chi connectivity index (χ0v) is 12.7. The Balaban J connectivity index is 2.51. The van der Waals surface area contributed by atoms with Gasteiger partial charge < -0.3 is 5.32 Å². The second-order valence-electron chi connectivity index (χ2n) is 4.87. The molecule has 0 aromatic heterocycles. The van der Waals surface area contributed by atoms with Crippen molar-refractivity contribution in [3.05, 3.63) is 40.7 Å². The molecule has 0 heterocycles. The highest BCUT2D eigenvalue weighted by Crippen LogP contribution is 2.20. The van der Waals surface area contributed by atoms with Crippen molar-refractivity contribution in [1.29, 1.82) is 0 Å². The molecule has 0 aliphatic rings. The average Bonchev–Trinajstić information content (AvgIpc) is 2.38. The minimum atomic E-state index is -0.433. The smallest absolute Gasteiger partial charge is 0.244 e. The van der Waals surface area contributed by atoms with Gasteiger partial charge in [-0.15, -0.1) is 0 Å². The van der Waals surface area contributed by atoms with Gasteiger partial charge in [-0.05, 0) is 31.6 Å². The summed E-state index contributed by atoms with van der Waals surface area (Å²) in [6, 6.07) is 4.56. The number of unbranched alkanes of at least 4 members (excludes halogenated alkanes) is 2. The summed E-state index contributed by atoms with van der Waals surface area (Å²) in [5, 5.41) is 3.15. The Morgan fingerprint density at radius 2 is 2.20 bits per heavy atom. The van der Waals surface area contributed by atoms with Gasteiger partial charge in [0.2, 0.25) is 5.91 Å². The number of hydrogen-bond acceptors (Lipinski definition) is 1. The molecule has 0 bridgehead atoms. The first-order valence-corrected chi connectivity index (χ1v) is 7.35. The summed E-state index contributed by atoms with van der Waals surface area (Å²) in [7, 11) is 0. The van der Waals surface area contributed by atoms with Crippen LogP contribution in [0, 0.1) is 5.82 Å². The maximum Gasteiger partial charge on any atom is 0.244 e. The molecule has 1 atom stereocenters. The molecule has 2 nitrogen and oxygen atoms in total. The molecule has 0 fully saturated rings. The molecular formula is C16H21ClFNO. The van der Waals surface area contributed by atoms with Gasteiger partial charge in [0.05, 0.1) is 5.02 Å². The van der Waals surface area contributed by atoms with Crippen LogP contribution in [0.4, 0.5) is 4.39 Å². The third-order valence-corrected chi connectivity index (χ3v) is 3.36. The number of carbonyl (C=O) groups is 1. The van der Waals surface area contributed by atoms with E-state index < -0.39 is 5.82 Å². The quantitative estimate of drug-likeness (QED) is 0.579. The summed E-state index contributed by atoms with van der Waals surface area (Å²) in [5.41, 5.74) is 0.239. The first-order chi connectivity index (χ1) is 9.54. The SMILES string of the molecule is CCCCCC(C)NC(=O)/C=C/c1c(F)cccc1Cl. The summed E-state index contributed by atoms with van der Waals surface area (Å²) in [6.45, 7) is 4.11. The molecule has 1 rings (SSSR count). The Morgan fingerprint density at radius 1 is 1.45 bits per heavy atom. The maximum atomic E-state index is 13.5. The molecule has 0 spiro atoms. The van der Waals surface area contributed by atoms with E-state index in [1.807, 2.05) is 6.92 Å². The number of amides is 1. The van der Waals surface area contributed by atoms with Crippen LogP contribution in [-0.4, -0.2) is 11.9 Å². The predicted molar refractivity (Wildman–Crippen MR) is 82.2 cm³/mol. The van der Waals surface area contributed by atoms with E-state index in [0.717, 1.165) is 19.3 Å². The van der Waals surface area contributed by atoms with Crippen LogP contribution in [0.5, 0.6) is 0 Å². The highest BCUT2D eigenvalue weighted by atomic mass is 35.5. The lowest BCUT2D eigenvalue weighted by Crippen LogP contribution is -2.30. The van der Waals surface area contributed by atoms with Crippen LogP contribution in [0.1, 0.15) is 45.1 Å². The zero-order valence-electron chi connectivity index (χ0n) is 12.0. The van der Waals surface area contributed by atoms with Crippen LogP contribution < -0.4 is 5.32 Å². The molecule has 0 saturated carbocycles. The molecule has 20 heavy (non-hydrogen) atoms. The van der Waals surface area contributed by atoms with Gasteiger partial charge in [0, 0.05) is 17.7 Å². The van der Waals surface area contributed by atoms with Crippen molar-refractivity contribution in [2.75, 3.05) is 0 Å². The number of carbonyl (C=O) groups excluding carboxylic acids is 1. The van der Waals surface area contributed by atoms with Crippen LogP contribution in [0.3, 0.4) is 0 Å². The topological polar surface area (TPSA) is 29.1 Å².